The smallest absolute Gasteiger partial charge is 0.475 e. The predicted molar refractivity (Wildman–Crippen MR) is 139 cm³/mol. The second kappa shape index (κ2) is 11.0. The van der Waals surface area contributed by atoms with Crippen LogP contribution in [0.1, 0.15) is 27.0 Å². The van der Waals surface area contributed by atoms with Crippen LogP contribution in [-0.2, 0) is 21.8 Å². The van der Waals surface area contributed by atoms with Crippen LogP contribution in [0.4, 0.5) is 23.9 Å². The molecule has 4 N–H and O–H groups in total. The Balaban J connectivity index is 0.000000470. The van der Waals surface area contributed by atoms with Gasteiger partial charge in [0, 0.05) is 27.7 Å². The highest BCUT2D eigenvalue weighted by Gasteiger charge is 2.49. The van der Waals surface area contributed by atoms with Crippen molar-refractivity contribution in [3.8, 4) is 0 Å². The van der Waals surface area contributed by atoms with E-state index >= 15 is 0 Å². The standard InChI is InChI=1S/C24H19BrN4O4.C2HF3O2/c1-33-23(31)28-22-26-19-10-9-15(12-20(19)27-22)24(32)18-8-3-2-7-17(18)21(30)29(24)13-14-5-4-6-16(25)11-14;3-2(4,5)1(6)7/h2-12,32H,13H2,1H3,(H2,26,27,28,31);(H,6,7). The summed E-state index contributed by atoms with van der Waals surface area (Å²) in [4.78, 5) is 42.6. The molecule has 208 valence electrons. The van der Waals surface area contributed by atoms with E-state index in [1.54, 1.807) is 42.5 Å². The first-order valence-corrected chi connectivity index (χ1v) is 12.2. The first-order valence-electron chi connectivity index (χ1n) is 11.4. The van der Waals surface area contributed by atoms with Crippen LogP contribution in [0.25, 0.3) is 11.0 Å². The number of aliphatic hydroxyl groups is 1. The maximum atomic E-state index is 13.4. The number of aromatic nitrogens is 2. The third-order valence-electron chi connectivity index (χ3n) is 5.93. The summed E-state index contributed by atoms with van der Waals surface area (Å²) in [5.74, 6) is -2.80. The van der Waals surface area contributed by atoms with Crippen LogP contribution in [0.2, 0.25) is 0 Å². The molecule has 2 heterocycles. The van der Waals surface area contributed by atoms with Gasteiger partial charge in [-0.15, -0.1) is 0 Å². The highest BCUT2D eigenvalue weighted by Crippen LogP contribution is 2.43. The fourth-order valence-corrected chi connectivity index (χ4v) is 4.61. The van der Waals surface area contributed by atoms with Crippen LogP contribution in [0.15, 0.2) is 71.2 Å². The molecule has 14 heteroatoms. The number of hydrogen-bond acceptors (Lipinski definition) is 6. The normalized spacial score (nSPS) is 16.2. The number of aromatic amines is 1. The lowest BCUT2D eigenvalue weighted by atomic mass is 9.93. The third kappa shape index (κ3) is 5.62. The number of ether oxygens (including phenoxy) is 1. The maximum absolute atomic E-state index is 13.4. The molecular weight excluding hydrogens is 601 g/mol. The number of nitrogens with one attached hydrogen (secondary N) is 2. The number of hydrogen-bond donors (Lipinski definition) is 4. The summed E-state index contributed by atoms with van der Waals surface area (Å²) in [6.45, 7) is 0.208. The Morgan fingerprint density at radius 1 is 1.12 bits per heavy atom. The molecule has 0 fully saturated rings. The van der Waals surface area contributed by atoms with Gasteiger partial charge in [-0.25, -0.2) is 14.6 Å². The molecule has 1 aliphatic rings. The number of carboxylic acids is 1. The van der Waals surface area contributed by atoms with Gasteiger partial charge in [-0.05, 0) is 35.9 Å². The third-order valence-corrected chi connectivity index (χ3v) is 6.42. The molecule has 0 radical (unpaired) electrons. The van der Waals surface area contributed by atoms with Crippen LogP contribution in [0.3, 0.4) is 0 Å². The van der Waals surface area contributed by atoms with Gasteiger partial charge in [-0.1, -0.05) is 52.3 Å². The number of H-pyrrole nitrogens is 1. The molecule has 1 aromatic heterocycles. The summed E-state index contributed by atoms with van der Waals surface area (Å²) in [5.41, 5.74) is 1.82. The Kier molecular flexibility index (Phi) is 7.84. The number of carbonyl (C=O) groups excluding carboxylic acids is 2. The van der Waals surface area contributed by atoms with E-state index in [1.165, 1.54) is 12.0 Å². The Morgan fingerprint density at radius 2 is 1.82 bits per heavy atom. The molecule has 1 unspecified atom stereocenters. The van der Waals surface area contributed by atoms with Crippen LogP contribution >= 0.6 is 15.9 Å². The maximum Gasteiger partial charge on any atom is 0.490 e. The van der Waals surface area contributed by atoms with Crippen LogP contribution in [0, 0.1) is 0 Å². The minimum atomic E-state index is -5.08. The van der Waals surface area contributed by atoms with Gasteiger partial charge in [0.05, 0.1) is 18.1 Å². The van der Waals surface area contributed by atoms with E-state index in [4.69, 9.17) is 9.90 Å². The van der Waals surface area contributed by atoms with Crippen LogP contribution in [-0.4, -0.2) is 56.3 Å². The first-order chi connectivity index (χ1) is 18.8. The van der Waals surface area contributed by atoms with Crippen molar-refractivity contribution in [2.24, 2.45) is 0 Å². The monoisotopic (exact) mass is 620 g/mol. The fourth-order valence-electron chi connectivity index (χ4n) is 4.16. The van der Waals surface area contributed by atoms with E-state index in [0.29, 0.717) is 27.7 Å². The van der Waals surface area contributed by atoms with Crippen molar-refractivity contribution in [3.05, 3.63) is 93.5 Å². The highest BCUT2D eigenvalue weighted by molar-refractivity contribution is 9.10. The molecule has 10 nitrogen and oxygen atoms in total. The zero-order valence-corrected chi connectivity index (χ0v) is 22.1. The molecule has 0 aliphatic carbocycles. The van der Waals surface area contributed by atoms with Crippen molar-refractivity contribution in [1.29, 1.82) is 0 Å². The van der Waals surface area contributed by atoms with Crippen molar-refractivity contribution in [3.63, 3.8) is 0 Å². The summed E-state index contributed by atoms with van der Waals surface area (Å²) in [6.07, 6.45) is -5.73. The summed E-state index contributed by atoms with van der Waals surface area (Å²) >= 11 is 3.46. The van der Waals surface area contributed by atoms with Crippen molar-refractivity contribution >= 4 is 50.9 Å². The number of amides is 2. The lowest BCUT2D eigenvalue weighted by molar-refractivity contribution is -0.192. The quantitative estimate of drug-likeness (QED) is 0.252. The van der Waals surface area contributed by atoms with Crippen LogP contribution in [0.5, 0.6) is 0 Å². The topological polar surface area (TPSA) is 145 Å². The Labute approximate surface area is 232 Å². The van der Waals surface area contributed by atoms with Crippen molar-refractivity contribution < 1.29 is 42.5 Å². The Bertz CT molecular complexity index is 1610. The molecule has 5 rings (SSSR count). The lowest BCUT2D eigenvalue weighted by Crippen LogP contribution is -2.44. The fraction of sp³-hybridized carbons (Fsp3) is 0.154. The number of halogens is 4. The predicted octanol–water partition coefficient (Wildman–Crippen LogP) is 4.99. The number of aliphatic carboxylic acids is 1. The zero-order chi connectivity index (χ0) is 29.2. The molecule has 0 bridgehead atoms. The summed E-state index contributed by atoms with van der Waals surface area (Å²) in [6, 6.07) is 19.9. The van der Waals surface area contributed by atoms with Crippen LogP contribution < -0.4 is 5.32 Å². The van der Waals surface area contributed by atoms with Gasteiger partial charge in [0.15, 0.2) is 5.72 Å². The highest BCUT2D eigenvalue weighted by atomic mass is 79.9. The average molecular weight is 621 g/mol. The number of imidazole rings is 1. The SMILES string of the molecule is COC(=O)Nc1nc2ccc(C3(O)c4ccccc4C(=O)N3Cc3cccc(Br)c3)cc2[nH]1.O=C(O)C(F)(F)F. The minimum absolute atomic E-state index is 0.208. The van der Waals surface area contributed by atoms with Crippen molar-refractivity contribution in [1.82, 2.24) is 14.9 Å². The van der Waals surface area contributed by atoms with Gasteiger partial charge in [0.25, 0.3) is 5.91 Å². The first kappa shape index (κ1) is 28.6. The summed E-state index contributed by atoms with van der Waals surface area (Å²) in [5, 5.41) is 21.7. The van der Waals surface area contributed by atoms with Gasteiger partial charge < -0.3 is 19.9 Å². The number of rotatable bonds is 4. The largest absolute Gasteiger partial charge is 0.490 e. The van der Waals surface area contributed by atoms with Gasteiger partial charge in [-0.3, -0.25) is 15.0 Å². The molecule has 40 heavy (non-hydrogen) atoms. The van der Waals surface area contributed by atoms with Gasteiger partial charge in [-0.2, -0.15) is 13.2 Å². The van der Waals surface area contributed by atoms with E-state index in [-0.39, 0.29) is 18.4 Å². The van der Waals surface area contributed by atoms with E-state index in [0.717, 1.165) is 10.0 Å². The molecule has 3 aromatic carbocycles. The lowest BCUT2D eigenvalue weighted by Gasteiger charge is -2.35. The molecule has 1 atom stereocenters. The second-order valence-electron chi connectivity index (χ2n) is 8.48. The van der Waals surface area contributed by atoms with Gasteiger partial charge in [0.1, 0.15) is 0 Å². The molecule has 1 aliphatic heterocycles. The number of methoxy groups -OCH3 is 1. The number of nitrogens with zero attached hydrogens (tertiary/aromatic N) is 2. The van der Waals surface area contributed by atoms with Crippen molar-refractivity contribution in [2.45, 2.75) is 18.4 Å². The van der Waals surface area contributed by atoms with E-state index in [9.17, 15) is 27.9 Å². The Hall–Kier alpha value is -4.43. The molecule has 0 saturated heterocycles. The Morgan fingerprint density at radius 3 is 2.48 bits per heavy atom. The van der Waals surface area contributed by atoms with Gasteiger partial charge in [0.2, 0.25) is 5.95 Å². The molecule has 4 aromatic rings. The average Bonchev–Trinajstić information content (AvgIpc) is 3.40. The number of carboxylic acid groups (broad SMARTS) is 1. The second-order valence-corrected chi connectivity index (χ2v) is 9.39. The van der Waals surface area contributed by atoms with E-state index in [1.807, 2.05) is 24.3 Å². The number of benzene rings is 3. The number of fused-ring (bicyclic) bond motifs is 2. The minimum Gasteiger partial charge on any atom is -0.475 e. The molecule has 0 spiro atoms. The summed E-state index contributed by atoms with van der Waals surface area (Å²) in [7, 11) is 1.26. The molecule has 2 amide bonds. The van der Waals surface area contributed by atoms with E-state index in [2.05, 4.69) is 36.0 Å². The van der Waals surface area contributed by atoms with Crippen molar-refractivity contribution in [2.75, 3.05) is 12.4 Å². The number of anilines is 1. The van der Waals surface area contributed by atoms with Gasteiger partial charge >= 0.3 is 18.2 Å². The zero-order valence-electron chi connectivity index (χ0n) is 20.5. The molecular formula is C26H20BrF3N4O6. The number of carbonyl (C=O) groups is 3. The van der Waals surface area contributed by atoms with E-state index < -0.39 is 24.0 Å². The number of alkyl halides is 3. The summed E-state index contributed by atoms with van der Waals surface area (Å²) < 4.78 is 37.2. The molecule has 0 saturated carbocycles.